The number of hydrogen-bond acceptors (Lipinski definition) is 7. The Labute approximate surface area is 243 Å². The molecule has 0 aliphatic carbocycles. The van der Waals surface area contributed by atoms with Crippen LogP contribution in [-0.4, -0.2) is 29.8 Å². The number of phenolic OH excluding ortho intramolecular Hbond substituents is 1. The highest BCUT2D eigenvalue weighted by molar-refractivity contribution is 8.03. The Morgan fingerprint density at radius 1 is 1.05 bits per heavy atom. The molecule has 0 fully saturated rings. The number of halogens is 3. The number of nitriles is 1. The summed E-state index contributed by atoms with van der Waals surface area (Å²) in [5.41, 5.74) is 0.882. The number of thioether (sulfide) groups is 1. The van der Waals surface area contributed by atoms with Crippen molar-refractivity contribution in [1.82, 2.24) is 5.32 Å². The normalized spacial score (nSPS) is 15.0. The van der Waals surface area contributed by atoms with E-state index in [2.05, 4.69) is 22.0 Å². The molecule has 0 aromatic heterocycles. The van der Waals surface area contributed by atoms with Crippen LogP contribution in [0.2, 0.25) is 0 Å². The van der Waals surface area contributed by atoms with Crippen molar-refractivity contribution in [2.24, 2.45) is 0 Å². The number of alkyl halides is 3. The first-order chi connectivity index (χ1) is 20.0. The minimum absolute atomic E-state index is 0.0217. The number of hydrogen-bond donors (Lipinski definition) is 4. The number of aromatic hydroxyl groups is 1. The molecular weight excluding hydrogens is 569 g/mol. The Hall–Kier alpha value is -4.89. The lowest BCUT2D eigenvalue weighted by Crippen LogP contribution is -2.31. The van der Waals surface area contributed by atoms with Crippen LogP contribution in [0, 0.1) is 11.3 Å². The molecule has 12 heteroatoms. The van der Waals surface area contributed by atoms with E-state index in [1.165, 1.54) is 31.4 Å². The van der Waals surface area contributed by atoms with Crippen LogP contribution in [-0.2, 0) is 15.8 Å². The molecule has 0 bridgehead atoms. The molecule has 1 aliphatic heterocycles. The number of para-hydroxylation sites is 1. The third kappa shape index (κ3) is 6.87. The van der Waals surface area contributed by atoms with Crippen LogP contribution in [0.3, 0.4) is 0 Å². The van der Waals surface area contributed by atoms with Crippen LogP contribution in [0.5, 0.6) is 11.5 Å². The van der Waals surface area contributed by atoms with Gasteiger partial charge in [-0.1, -0.05) is 42.1 Å². The number of methoxy groups -OCH3 is 1. The second-order valence-electron chi connectivity index (χ2n) is 9.12. The highest BCUT2D eigenvalue weighted by Gasteiger charge is 2.35. The molecule has 0 radical (unpaired) electrons. The highest BCUT2D eigenvalue weighted by atomic mass is 32.2. The van der Waals surface area contributed by atoms with E-state index in [1.54, 1.807) is 43.3 Å². The summed E-state index contributed by atoms with van der Waals surface area (Å²) in [7, 11) is 1.37. The molecule has 0 spiro atoms. The van der Waals surface area contributed by atoms with Crippen LogP contribution in [0.4, 0.5) is 24.5 Å². The van der Waals surface area contributed by atoms with Crippen LogP contribution in [0.25, 0.3) is 0 Å². The molecule has 42 heavy (non-hydrogen) atoms. The van der Waals surface area contributed by atoms with Crippen molar-refractivity contribution in [3.05, 3.63) is 106 Å². The maximum atomic E-state index is 13.5. The summed E-state index contributed by atoms with van der Waals surface area (Å²) in [5, 5.41) is 29.0. The van der Waals surface area contributed by atoms with E-state index < -0.39 is 29.5 Å². The molecule has 1 aliphatic rings. The van der Waals surface area contributed by atoms with Crippen molar-refractivity contribution in [3.8, 4) is 17.6 Å². The zero-order valence-electron chi connectivity index (χ0n) is 22.4. The molecule has 0 saturated heterocycles. The van der Waals surface area contributed by atoms with Crippen molar-refractivity contribution in [2.75, 3.05) is 23.5 Å². The molecule has 2 amide bonds. The summed E-state index contributed by atoms with van der Waals surface area (Å²) < 4.78 is 44.4. The van der Waals surface area contributed by atoms with E-state index in [-0.39, 0.29) is 34.1 Å². The second kappa shape index (κ2) is 12.7. The molecule has 4 rings (SSSR count). The number of dihydropyridines is 1. The maximum absolute atomic E-state index is 13.5. The van der Waals surface area contributed by atoms with Gasteiger partial charge in [0.05, 0.1) is 41.0 Å². The number of carbonyl (C=O) groups is 2. The molecule has 1 atom stereocenters. The SMILES string of the molecule is COc1cc([C@@H]2C(C#N)=C(SCC(=O)Nc3cccc(C(F)(F)F)c3)NC(C)=C2C(=O)Nc2ccccc2)ccc1O. The molecule has 0 saturated carbocycles. The van der Waals surface area contributed by atoms with E-state index in [9.17, 15) is 33.1 Å². The second-order valence-corrected chi connectivity index (χ2v) is 10.1. The summed E-state index contributed by atoms with van der Waals surface area (Å²) >= 11 is 0.965. The molecular formula is C30H25F3N4O4S. The number of nitrogens with zero attached hydrogens (tertiary/aromatic N) is 1. The number of anilines is 2. The zero-order valence-corrected chi connectivity index (χ0v) is 23.2. The predicted octanol–water partition coefficient (Wildman–Crippen LogP) is 6.13. The molecule has 8 nitrogen and oxygen atoms in total. The van der Waals surface area contributed by atoms with E-state index >= 15 is 0 Å². The van der Waals surface area contributed by atoms with Gasteiger partial charge < -0.3 is 25.8 Å². The summed E-state index contributed by atoms with van der Waals surface area (Å²) in [5.74, 6) is -2.20. The number of nitrogens with one attached hydrogen (secondary N) is 3. The van der Waals surface area contributed by atoms with Gasteiger partial charge in [0, 0.05) is 22.6 Å². The van der Waals surface area contributed by atoms with Gasteiger partial charge in [-0.25, -0.2) is 0 Å². The highest BCUT2D eigenvalue weighted by Crippen LogP contribution is 2.43. The number of allylic oxidation sites excluding steroid dienone is 2. The molecule has 3 aromatic rings. The van der Waals surface area contributed by atoms with Gasteiger partial charge in [0.25, 0.3) is 5.91 Å². The third-order valence-electron chi connectivity index (χ3n) is 6.28. The van der Waals surface area contributed by atoms with Crippen molar-refractivity contribution in [2.45, 2.75) is 19.0 Å². The van der Waals surface area contributed by atoms with Crippen LogP contribution < -0.4 is 20.7 Å². The Morgan fingerprint density at radius 3 is 2.43 bits per heavy atom. The topological polar surface area (TPSA) is 123 Å². The molecule has 216 valence electrons. The number of benzene rings is 3. The van der Waals surface area contributed by atoms with Crippen molar-refractivity contribution >= 4 is 35.0 Å². The number of amides is 2. The van der Waals surface area contributed by atoms with Crippen LogP contribution in [0.1, 0.15) is 24.0 Å². The van der Waals surface area contributed by atoms with E-state index in [1.807, 2.05) is 0 Å². The quantitative estimate of drug-likeness (QED) is 0.248. The predicted molar refractivity (Wildman–Crippen MR) is 153 cm³/mol. The van der Waals surface area contributed by atoms with Crippen molar-refractivity contribution in [3.63, 3.8) is 0 Å². The van der Waals surface area contributed by atoms with Gasteiger partial charge in [-0.05, 0) is 55.0 Å². The maximum Gasteiger partial charge on any atom is 0.416 e. The molecule has 1 heterocycles. The lowest BCUT2D eigenvalue weighted by Gasteiger charge is -2.30. The third-order valence-corrected chi connectivity index (χ3v) is 7.30. The molecule has 3 aromatic carbocycles. The monoisotopic (exact) mass is 594 g/mol. The Balaban J connectivity index is 1.64. The minimum atomic E-state index is -4.56. The largest absolute Gasteiger partial charge is 0.504 e. The first-order valence-electron chi connectivity index (χ1n) is 12.5. The molecule has 4 N–H and O–H groups in total. The fourth-order valence-corrected chi connectivity index (χ4v) is 5.25. The fourth-order valence-electron chi connectivity index (χ4n) is 4.36. The molecule has 0 unspecified atom stereocenters. The average Bonchev–Trinajstić information content (AvgIpc) is 2.96. The lowest BCUT2D eigenvalue weighted by atomic mass is 9.82. The summed E-state index contributed by atoms with van der Waals surface area (Å²) in [6.45, 7) is 1.65. The first kappa shape index (κ1) is 30.1. The number of phenols is 1. The van der Waals surface area contributed by atoms with Gasteiger partial charge in [-0.15, -0.1) is 0 Å². The van der Waals surface area contributed by atoms with E-state index in [4.69, 9.17) is 4.74 Å². The van der Waals surface area contributed by atoms with Crippen molar-refractivity contribution in [1.29, 1.82) is 5.26 Å². The van der Waals surface area contributed by atoms with Gasteiger partial charge in [0.15, 0.2) is 11.5 Å². The zero-order chi connectivity index (χ0) is 30.4. The first-order valence-corrected chi connectivity index (χ1v) is 13.5. The average molecular weight is 595 g/mol. The lowest BCUT2D eigenvalue weighted by molar-refractivity contribution is -0.137. The number of ether oxygens (including phenoxy) is 1. The Kier molecular flexibility index (Phi) is 9.12. The van der Waals surface area contributed by atoms with Gasteiger partial charge in [0.2, 0.25) is 5.91 Å². The summed E-state index contributed by atoms with van der Waals surface area (Å²) in [6.07, 6.45) is -4.56. The van der Waals surface area contributed by atoms with Gasteiger partial charge in [-0.3, -0.25) is 9.59 Å². The number of rotatable bonds is 8. The fraction of sp³-hybridized carbons (Fsp3) is 0.167. The Morgan fingerprint density at radius 2 is 1.76 bits per heavy atom. The standard InChI is InChI=1S/C30H25F3N4O4S/c1-17-26(28(40)37-20-8-4-3-5-9-20)27(18-11-12-23(38)24(13-18)41-2)22(15-34)29(35-17)42-16-25(39)36-21-10-6-7-19(14-21)30(31,32)33/h3-14,27,35,38H,16H2,1-2H3,(H,36,39)(H,37,40)/t27-/m1/s1. The van der Waals surface area contributed by atoms with Gasteiger partial charge >= 0.3 is 6.18 Å². The Bertz CT molecular complexity index is 1610. The minimum Gasteiger partial charge on any atom is -0.504 e. The van der Waals surface area contributed by atoms with Crippen LogP contribution >= 0.6 is 11.8 Å². The van der Waals surface area contributed by atoms with Gasteiger partial charge in [-0.2, -0.15) is 18.4 Å². The smallest absolute Gasteiger partial charge is 0.416 e. The number of carbonyl (C=O) groups excluding carboxylic acids is 2. The van der Waals surface area contributed by atoms with Crippen molar-refractivity contribution < 1.29 is 32.6 Å². The van der Waals surface area contributed by atoms with E-state index in [0.29, 0.717) is 22.0 Å². The van der Waals surface area contributed by atoms with Gasteiger partial charge in [0.1, 0.15) is 0 Å². The van der Waals surface area contributed by atoms with E-state index in [0.717, 1.165) is 23.9 Å². The summed E-state index contributed by atoms with van der Waals surface area (Å²) in [4.78, 5) is 26.2. The summed E-state index contributed by atoms with van der Waals surface area (Å²) in [6, 6.07) is 19.7. The van der Waals surface area contributed by atoms with Crippen LogP contribution in [0.15, 0.2) is 94.7 Å².